The van der Waals surface area contributed by atoms with Crippen LogP contribution in [0.1, 0.15) is 24.2 Å². The molecule has 0 heterocycles. The Morgan fingerprint density at radius 3 is 2.50 bits per heavy atom. The van der Waals surface area contributed by atoms with Crippen LogP contribution in [-0.2, 0) is 0 Å². The fourth-order valence-electron chi connectivity index (χ4n) is 1.72. The van der Waals surface area contributed by atoms with Crippen LogP contribution in [0.5, 0.6) is 5.75 Å². The number of anilines is 1. The second kappa shape index (κ2) is 6.86. The highest BCUT2D eigenvalue weighted by molar-refractivity contribution is 5.91. The van der Waals surface area contributed by atoms with Gasteiger partial charge in [-0.2, -0.15) is 0 Å². The van der Waals surface area contributed by atoms with Gasteiger partial charge in [-0.25, -0.2) is 4.79 Å². The summed E-state index contributed by atoms with van der Waals surface area (Å²) in [4.78, 5) is 13.0. The number of benzene rings is 1. The van der Waals surface area contributed by atoms with Gasteiger partial charge in [0.2, 0.25) is 0 Å². The number of rotatable bonds is 7. The van der Waals surface area contributed by atoms with Gasteiger partial charge in [-0.3, -0.25) is 0 Å². The largest absolute Gasteiger partial charge is 0.507 e. The minimum Gasteiger partial charge on any atom is -0.507 e. The number of carbonyl (C=O) groups is 1. The lowest BCUT2D eigenvalue weighted by Crippen LogP contribution is -2.28. The molecule has 5 nitrogen and oxygen atoms in total. The molecule has 1 rings (SSSR count). The van der Waals surface area contributed by atoms with Crippen LogP contribution in [-0.4, -0.2) is 47.3 Å². The Morgan fingerprint density at radius 2 is 2.00 bits per heavy atom. The van der Waals surface area contributed by atoms with Crippen LogP contribution >= 0.6 is 0 Å². The fourth-order valence-corrected chi connectivity index (χ4v) is 1.72. The third-order valence-electron chi connectivity index (χ3n) is 2.88. The number of phenols is 1. The number of nitrogens with one attached hydrogen (secondary N) is 1. The molecule has 0 amide bonds. The molecule has 1 aromatic rings. The number of nitrogens with zero attached hydrogens (tertiary/aromatic N) is 1. The number of hydrogen-bond donors (Lipinski definition) is 3. The summed E-state index contributed by atoms with van der Waals surface area (Å²) in [5.74, 6) is -1.34. The zero-order valence-corrected chi connectivity index (χ0v) is 10.8. The van der Waals surface area contributed by atoms with E-state index in [4.69, 9.17) is 5.11 Å². The SMILES string of the molecule is CCN(CC)CCNc1ccc(C(=O)O)c(O)c1. The molecule has 0 saturated carbocycles. The highest BCUT2D eigenvalue weighted by Gasteiger charge is 2.09. The maximum Gasteiger partial charge on any atom is 0.339 e. The van der Waals surface area contributed by atoms with Gasteiger partial charge in [0, 0.05) is 24.8 Å². The van der Waals surface area contributed by atoms with Gasteiger partial charge in [-0.15, -0.1) is 0 Å². The van der Waals surface area contributed by atoms with Gasteiger partial charge in [0.1, 0.15) is 11.3 Å². The Morgan fingerprint density at radius 1 is 1.33 bits per heavy atom. The molecule has 0 radical (unpaired) electrons. The Balaban J connectivity index is 2.53. The van der Waals surface area contributed by atoms with Crippen LogP contribution in [0, 0.1) is 0 Å². The van der Waals surface area contributed by atoms with Gasteiger partial charge >= 0.3 is 5.97 Å². The van der Waals surface area contributed by atoms with Gasteiger partial charge in [0.15, 0.2) is 0 Å². The molecule has 0 aliphatic heterocycles. The highest BCUT2D eigenvalue weighted by atomic mass is 16.4. The van der Waals surface area contributed by atoms with Crippen LogP contribution in [0.3, 0.4) is 0 Å². The number of carboxylic acid groups (broad SMARTS) is 1. The van der Waals surface area contributed by atoms with E-state index in [1.807, 2.05) is 0 Å². The number of carboxylic acids is 1. The van der Waals surface area contributed by atoms with Gasteiger partial charge in [0.25, 0.3) is 0 Å². The van der Waals surface area contributed by atoms with Crippen molar-refractivity contribution >= 4 is 11.7 Å². The van der Waals surface area contributed by atoms with Crippen molar-refractivity contribution < 1.29 is 15.0 Å². The summed E-state index contributed by atoms with van der Waals surface area (Å²) >= 11 is 0. The standard InChI is InChI=1S/C13H20N2O3/c1-3-15(4-2)8-7-14-10-5-6-11(13(17)18)12(16)9-10/h5-6,9,14,16H,3-4,7-8H2,1-2H3,(H,17,18). The maximum absolute atomic E-state index is 10.7. The van der Waals surface area contributed by atoms with Crippen LogP contribution in [0.4, 0.5) is 5.69 Å². The first kappa shape index (κ1) is 14.3. The smallest absolute Gasteiger partial charge is 0.339 e. The van der Waals surface area contributed by atoms with E-state index in [0.29, 0.717) is 0 Å². The van der Waals surface area contributed by atoms with Gasteiger partial charge in [0.05, 0.1) is 0 Å². The lowest BCUT2D eigenvalue weighted by atomic mass is 10.2. The van der Waals surface area contributed by atoms with E-state index in [-0.39, 0.29) is 11.3 Å². The van der Waals surface area contributed by atoms with Crippen molar-refractivity contribution in [3.8, 4) is 5.75 Å². The molecule has 5 heteroatoms. The van der Waals surface area contributed by atoms with Gasteiger partial charge in [-0.05, 0) is 25.2 Å². The van der Waals surface area contributed by atoms with Crippen LogP contribution < -0.4 is 5.32 Å². The first-order valence-corrected chi connectivity index (χ1v) is 6.11. The number of aromatic carboxylic acids is 1. The number of hydrogen-bond acceptors (Lipinski definition) is 4. The Bertz CT molecular complexity index is 403. The summed E-state index contributed by atoms with van der Waals surface area (Å²) in [6.45, 7) is 7.89. The molecule has 0 aliphatic rings. The normalized spacial score (nSPS) is 10.6. The summed E-state index contributed by atoms with van der Waals surface area (Å²) in [6.07, 6.45) is 0. The summed E-state index contributed by atoms with van der Waals surface area (Å²) in [6, 6.07) is 4.49. The molecule has 3 N–H and O–H groups in total. The maximum atomic E-state index is 10.7. The summed E-state index contributed by atoms with van der Waals surface area (Å²) in [7, 11) is 0. The van der Waals surface area contributed by atoms with Crippen molar-refractivity contribution in [3.63, 3.8) is 0 Å². The van der Waals surface area contributed by atoms with Crippen molar-refractivity contribution in [1.29, 1.82) is 0 Å². The third-order valence-corrected chi connectivity index (χ3v) is 2.88. The minimum absolute atomic E-state index is 0.0794. The molecule has 1 aromatic carbocycles. The molecular weight excluding hydrogens is 232 g/mol. The minimum atomic E-state index is -1.12. The fraction of sp³-hybridized carbons (Fsp3) is 0.462. The van der Waals surface area contributed by atoms with Crippen molar-refractivity contribution in [2.45, 2.75) is 13.8 Å². The van der Waals surface area contributed by atoms with E-state index in [9.17, 15) is 9.90 Å². The topological polar surface area (TPSA) is 72.8 Å². The molecule has 100 valence electrons. The van der Waals surface area contributed by atoms with Crippen molar-refractivity contribution in [2.24, 2.45) is 0 Å². The average molecular weight is 252 g/mol. The Kier molecular flexibility index (Phi) is 5.45. The average Bonchev–Trinajstić information content (AvgIpc) is 2.34. The molecule has 18 heavy (non-hydrogen) atoms. The van der Waals surface area contributed by atoms with Gasteiger partial charge < -0.3 is 20.4 Å². The lowest BCUT2D eigenvalue weighted by molar-refractivity contribution is 0.0694. The second-order valence-electron chi connectivity index (χ2n) is 3.99. The van der Waals surface area contributed by atoms with Crippen molar-refractivity contribution in [2.75, 3.05) is 31.5 Å². The summed E-state index contributed by atoms with van der Waals surface area (Å²) < 4.78 is 0. The van der Waals surface area contributed by atoms with E-state index >= 15 is 0 Å². The summed E-state index contributed by atoms with van der Waals surface area (Å²) in [5.41, 5.74) is 0.647. The van der Waals surface area contributed by atoms with Crippen molar-refractivity contribution in [1.82, 2.24) is 4.90 Å². The van der Waals surface area contributed by atoms with Crippen LogP contribution in [0.15, 0.2) is 18.2 Å². The van der Waals surface area contributed by atoms with E-state index in [1.165, 1.54) is 12.1 Å². The zero-order chi connectivity index (χ0) is 13.5. The van der Waals surface area contributed by atoms with E-state index < -0.39 is 5.97 Å². The first-order chi connectivity index (χ1) is 8.58. The summed E-state index contributed by atoms with van der Waals surface area (Å²) in [5, 5.41) is 21.5. The Hall–Kier alpha value is -1.75. The molecule has 0 aromatic heterocycles. The first-order valence-electron chi connectivity index (χ1n) is 6.11. The second-order valence-corrected chi connectivity index (χ2v) is 3.99. The van der Waals surface area contributed by atoms with Crippen LogP contribution in [0.2, 0.25) is 0 Å². The lowest BCUT2D eigenvalue weighted by Gasteiger charge is -2.18. The molecule has 0 bridgehead atoms. The number of aromatic hydroxyl groups is 1. The predicted molar refractivity (Wildman–Crippen MR) is 71.3 cm³/mol. The third kappa shape index (κ3) is 3.92. The molecule has 0 saturated heterocycles. The molecule has 0 atom stereocenters. The highest BCUT2D eigenvalue weighted by Crippen LogP contribution is 2.21. The van der Waals surface area contributed by atoms with Crippen LogP contribution in [0.25, 0.3) is 0 Å². The molecular formula is C13H20N2O3. The Labute approximate surface area is 107 Å². The van der Waals surface area contributed by atoms with Gasteiger partial charge in [-0.1, -0.05) is 13.8 Å². The molecule has 0 fully saturated rings. The van der Waals surface area contributed by atoms with E-state index in [0.717, 1.165) is 31.9 Å². The molecule has 0 spiro atoms. The zero-order valence-electron chi connectivity index (χ0n) is 10.8. The monoisotopic (exact) mass is 252 g/mol. The van der Waals surface area contributed by atoms with E-state index in [1.54, 1.807) is 6.07 Å². The predicted octanol–water partition coefficient (Wildman–Crippen LogP) is 1.84. The molecule has 0 aliphatic carbocycles. The molecule has 0 unspecified atom stereocenters. The van der Waals surface area contributed by atoms with E-state index in [2.05, 4.69) is 24.1 Å². The number of likely N-dealkylation sites (N-methyl/N-ethyl adjacent to an activating group) is 1. The quantitative estimate of drug-likeness (QED) is 0.690. The van der Waals surface area contributed by atoms with Crippen molar-refractivity contribution in [3.05, 3.63) is 23.8 Å².